The molecule has 1 aromatic heterocycles. The monoisotopic (exact) mass is 426 g/mol. The molecule has 156 valence electrons. The first-order valence-electron chi connectivity index (χ1n) is 10.1. The summed E-state index contributed by atoms with van der Waals surface area (Å²) in [6.45, 7) is 2.47. The lowest BCUT2D eigenvalue weighted by molar-refractivity contribution is -0.127. The molecule has 4 rings (SSSR count). The lowest BCUT2D eigenvalue weighted by Crippen LogP contribution is -2.45. The van der Waals surface area contributed by atoms with Gasteiger partial charge in [-0.1, -0.05) is 41.9 Å². The molecule has 1 saturated heterocycles. The number of halogens is 2. The van der Waals surface area contributed by atoms with Crippen molar-refractivity contribution >= 4 is 17.5 Å². The fourth-order valence-corrected chi connectivity index (χ4v) is 4.28. The van der Waals surface area contributed by atoms with Crippen molar-refractivity contribution in [3.63, 3.8) is 0 Å². The highest BCUT2D eigenvalue weighted by molar-refractivity contribution is 6.31. The molecule has 6 heteroatoms. The number of nitrogens with zero attached hydrogens (tertiary/aromatic N) is 1. The normalized spacial score (nSPS) is 19.5. The lowest BCUT2D eigenvalue weighted by Gasteiger charge is -2.37. The molecule has 1 aliphatic rings. The predicted molar refractivity (Wildman–Crippen MR) is 115 cm³/mol. The lowest BCUT2D eigenvalue weighted by atomic mass is 9.84. The number of furan rings is 1. The van der Waals surface area contributed by atoms with Gasteiger partial charge in [0.2, 0.25) is 5.91 Å². The number of carbonyl (C=O) groups excluding carboxylic acids is 1. The summed E-state index contributed by atoms with van der Waals surface area (Å²) >= 11 is 6.36. The summed E-state index contributed by atoms with van der Waals surface area (Å²) in [6, 6.07) is 18.0. The van der Waals surface area contributed by atoms with Crippen molar-refractivity contribution in [1.29, 1.82) is 0 Å². The zero-order chi connectivity index (χ0) is 20.9. The van der Waals surface area contributed by atoms with Gasteiger partial charge in [-0.3, -0.25) is 9.69 Å². The van der Waals surface area contributed by atoms with Gasteiger partial charge < -0.3 is 9.73 Å². The smallest absolute Gasteiger partial charge is 0.224 e. The summed E-state index contributed by atoms with van der Waals surface area (Å²) < 4.78 is 18.7. The highest BCUT2D eigenvalue weighted by Crippen LogP contribution is 2.32. The van der Waals surface area contributed by atoms with Crippen LogP contribution < -0.4 is 5.32 Å². The molecule has 1 N–H and O–H groups in total. The summed E-state index contributed by atoms with van der Waals surface area (Å²) in [5.41, 5.74) is 2.08. The van der Waals surface area contributed by atoms with Crippen LogP contribution in [0.25, 0.3) is 0 Å². The molecular formula is C24H24ClFN2O2. The minimum Gasteiger partial charge on any atom is -0.467 e. The van der Waals surface area contributed by atoms with Crippen LogP contribution in [0.3, 0.4) is 0 Å². The Bertz CT molecular complexity index is 975. The van der Waals surface area contributed by atoms with Crippen LogP contribution in [0.1, 0.15) is 29.2 Å². The summed E-state index contributed by atoms with van der Waals surface area (Å²) in [5.74, 6) is 0.437. The Balaban J connectivity index is 1.50. The fourth-order valence-electron chi connectivity index (χ4n) is 4.09. The largest absolute Gasteiger partial charge is 0.467 e. The zero-order valence-electron chi connectivity index (χ0n) is 16.6. The maximum Gasteiger partial charge on any atom is 0.224 e. The molecule has 1 amide bonds. The topological polar surface area (TPSA) is 45.5 Å². The van der Waals surface area contributed by atoms with Crippen LogP contribution in [0.15, 0.2) is 71.3 Å². The molecule has 1 aliphatic heterocycles. The molecule has 4 nitrogen and oxygen atoms in total. The Morgan fingerprint density at radius 1 is 1.10 bits per heavy atom. The Labute approximate surface area is 180 Å². The summed E-state index contributed by atoms with van der Waals surface area (Å²) in [7, 11) is 0. The van der Waals surface area contributed by atoms with E-state index in [2.05, 4.69) is 10.2 Å². The summed E-state index contributed by atoms with van der Waals surface area (Å²) in [4.78, 5) is 15.2. The number of benzene rings is 2. The van der Waals surface area contributed by atoms with E-state index in [1.165, 1.54) is 12.1 Å². The Morgan fingerprint density at radius 2 is 1.90 bits per heavy atom. The van der Waals surface area contributed by atoms with Gasteiger partial charge in [0.05, 0.1) is 18.7 Å². The number of carbonyl (C=O) groups is 1. The highest BCUT2D eigenvalue weighted by atomic mass is 35.5. The number of hydrogen-bond acceptors (Lipinski definition) is 3. The van der Waals surface area contributed by atoms with E-state index in [4.69, 9.17) is 16.0 Å². The molecule has 1 fully saturated rings. The zero-order valence-corrected chi connectivity index (χ0v) is 17.3. The third-order valence-electron chi connectivity index (χ3n) is 5.61. The average Bonchev–Trinajstić information content (AvgIpc) is 3.28. The van der Waals surface area contributed by atoms with Crippen molar-refractivity contribution in [1.82, 2.24) is 10.2 Å². The molecule has 2 atom stereocenters. The van der Waals surface area contributed by atoms with Crippen molar-refractivity contribution in [2.24, 2.45) is 5.92 Å². The quantitative estimate of drug-likeness (QED) is 0.603. The number of amides is 1. The number of piperidine rings is 1. The van der Waals surface area contributed by atoms with Gasteiger partial charge in [-0.2, -0.15) is 0 Å². The second-order valence-corrected chi connectivity index (χ2v) is 8.17. The van der Waals surface area contributed by atoms with Crippen molar-refractivity contribution in [2.75, 3.05) is 13.1 Å². The Hall–Kier alpha value is -2.63. The van der Waals surface area contributed by atoms with Crippen LogP contribution >= 0.6 is 11.6 Å². The van der Waals surface area contributed by atoms with E-state index in [0.29, 0.717) is 26.1 Å². The van der Waals surface area contributed by atoms with Crippen molar-refractivity contribution in [3.05, 3.63) is 94.7 Å². The molecular weight excluding hydrogens is 403 g/mol. The Kier molecular flexibility index (Phi) is 6.50. The van der Waals surface area contributed by atoms with E-state index in [1.807, 2.05) is 42.5 Å². The minimum absolute atomic E-state index is 0.00219. The SMILES string of the molecule is O=C(NCc1ccco1)C1CC(c2ccc(F)cc2)CN(Cc2ccccc2Cl)C1. The van der Waals surface area contributed by atoms with Crippen LogP contribution in [0.4, 0.5) is 4.39 Å². The predicted octanol–water partition coefficient (Wildman–Crippen LogP) is 4.99. The maximum absolute atomic E-state index is 13.4. The molecule has 0 aliphatic carbocycles. The second-order valence-electron chi connectivity index (χ2n) is 7.76. The fraction of sp³-hybridized carbons (Fsp3) is 0.292. The van der Waals surface area contributed by atoms with Gasteiger partial charge in [0.1, 0.15) is 11.6 Å². The molecule has 2 unspecified atom stereocenters. The molecule has 30 heavy (non-hydrogen) atoms. The average molecular weight is 427 g/mol. The van der Waals surface area contributed by atoms with Gasteiger partial charge in [0.15, 0.2) is 0 Å². The summed E-state index contributed by atoms with van der Waals surface area (Å²) in [6.07, 6.45) is 2.31. The van der Waals surface area contributed by atoms with Crippen molar-refractivity contribution in [3.8, 4) is 0 Å². The number of rotatable bonds is 6. The van der Waals surface area contributed by atoms with Crippen LogP contribution in [-0.2, 0) is 17.9 Å². The van der Waals surface area contributed by atoms with E-state index in [1.54, 1.807) is 12.3 Å². The van der Waals surface area contributed by atoms with Crippen molar-refractivity contribution in [2.45, 2.75) is 25.4 Å². The number of likely N-dealkylation sites (tertiary alicyclic amines) is 1. The highest BCUT2D eigenvalue weighted by Gasteiger charge is 2.32. The minimum atomic E-state index is -0.254. The third kappa shape index (κ3) is 5.10. The molecule has 0 spiro atoms. The van der Waals surface area contributed by atoms with Crippen LogP contribution in [-0.4, -0.2) is 23.9 Å². The molecule has 0 saturated carbocycles. The number of nitrogens with one attached hydrogen (secondary N) is 1. The van der Waals surface area contributed by atoms with Gasteiger partial charge >= 0.3 is 0 Å². The van der Waals surface area contributed by atoms with E-state index in [0.717, 1.165) is 28.5 Å². The molecule has 0 radical (unpaired) electrons. The van der Waals surface area contributed by atoms with Gasteiger partial charge in [-0.25, -0.2) is 4.39 Å². The van der Waals surface area contributed by atoms with Gasteiger partial charge in [-0.05, 0) is 53.8 Å². The van der Waals surface area contributed by atoms with Gasteiger partial charge in [0.25, 0.3) is 0 Å². The van der Waals surface area contributed by atoms with Crippen LogP contribution in [0.5, 0.6) is 0 Å². The van der Waals surface area contributed by atoms with Crippen molar-refractivity contribution < 1.29 is 13.6 Å². The molecule has 2 aromatic carbocycles. The van der Waals surface area contributed by atoms with E-state index in [-0.39, 0.29) is 23.6 Å². The first-order valence-corrected chi connectivity index (χ1v) is 10.5. The van der Waals surface area contributed by atoms with E-state index < -0.39 is 0 Å². The Morgan fingerprint density at radius 3 is 2.63 bits per heavy atom. The first kappa shape index (κ1) is 20.6. The summed E-state index contributed by atoms with van der Waals surface area (Å²) in [5, 5.41) is 3.71. The van der Waals surface area contributed by atoms with Gasteiger partial charge in [0, 0.05) is 24.7 Å². The second kappa shape index (κ2) is 9.45. The van der Waals surface area contributed by atoms with E-state index in [9.17, 15) is 9.18 Å². The maximum atomic E-state index is 13.4. The molecule has 3 aromatic rings. The first-order chi connectivity index (χ1) is 14.6. The van der Waals surface area contributed by atoms with Gasteiger partial charge in [-0.15, -0.1) is 0 Å². The molecule has 2 heterocycles. The third-order valence-corrected chi connectivity index (χ3v) is 5.98. The molecule has 0 bridgehead atoms. The standard InChI is InChI=1S/C24H24ClFN2O2/c25-23-6-2-1-4-18(23)14-28-15-19(17-7-9-21(26)10-8-17)12-20(16-28)24(29)27-13-22-5-3-11-30-22/h1-11,19-20H,12-16H2,(H,27,29). The van der Waals surface area contributed by atoms with E-state index >= 15 is 0 Å². The number of hydrogen-bond donors (Lipinski definition) is 1. The van der Waals surface area contributed by atoms with Crippen LogP contribution in [0.2, 0.25) is 5.02 Å². The van der Waals surface area contributed by atoms with Crippen LogP contribution in [0, 0.1) is 11.7 Å².